The minimum Gasteiger partial charge on any atom is -0.348 e. The molecule has 0 saturated carbocycles. The summed E-state index contributed by atoms with van der Waals surface area (Å²) in [6.45, 7) is 4.17. The summed E-state index contributed by atoms with van der Waals surface area (Å²) in [5.41, 5.74) is 3.22. The fraction of sp³-hybridized carbons (Fsp3) is 0.278. The molecule has 0 heterocycles. The minimum absolute atomic E-state index is 0.110. The Morgan fingerprint density at radius 3 is 2.33 bits per heavy atom. The molecule has 1 N–H and O–H groups in total. The van der Waals surface area contributed by atoms with Crippen LogP contribution in [0.4, 0.5) is 0 Å². The molecule has 1 amide bonds. The number of sulfonamides is 1. The molecule has 24 heavy (non-hydrogen) atoms. The molecule has 0 atom stereocenters. The summed E-state index contributed by atoms with van der Waals surface area (Å²) in [7, 11) is -0.639. The topological polar surface area (TPSA) is 66.5 Å². The maximum Gasteiger partial charge on any atom is 0.251 e. The number of carbonyl (C=O) groups is 1. The Bertz CT molecular complexity index is 858. The Hall–Kier alpha value is -2.18. The van der Waals surface area contributed by atoms with Crippen LogP contribution in [0.25, 0.3) is 0 Å². The molecular weight excluding hydrogens is 324 g/mol. The van der Waals surface area contributed by atoms with Gasteiger partial charge in [-0.15, -0.1) is 0 Å². The second-order valence-corrected chi connectivity index (χ2v) is 8.03. The molecule has 2 aromatic carbocycles. The molecule has 0 bridgehead atoms. The summed E-state index contributed by atoms with van der Waals surface area (Å²) >= 11 is 0. The van der Waals surface area contributed by atoms with E-state index in [-0.39, 0.29) is 10.8 Å². The van der Waals surface area contributed by atoms with Gasteiger partial charge >= 0.3 is 0 Å². The van der Waals surface area contributed by atoms with Gasteiger partial charge in [-0.1, -0.05) is 30.3 Å². The van der Waals surface area contributed by atoms with Crippen LogP contribution in [0.15, 0.2) is 47.4 Å². The zero-order valence-electron chi connectivity index (χ0n) is 14.3. The Morgan fingerprint density at radius 2 is 1.71 bits per heavy atom. The lowest BCUT2D eigenvalue weighted by Gasteiger charge is -2.14. The Balaban J connectivity index is 2.25. The number of hydrogen-bond acceptors (Lipinski definition) is 3. The van der Waals surface area contributed by atoms with Gasteiger partial charge < -0.3 is 5.32 Å². The van der Waals surface area contributed by atoms with Gasteiger partial charge in [0.1, 0.15) is 0 Å². The lowest BCUT2D eigenvalue weighted by molar-refractivity contribution is 0.0950. The van der Waals surface area contributed by atoms with Gasteiger partial charge in [-0.05, 0) is 42.7 Å². The fourth-order valence-corrected chi connectivity index (χ4v) is 3.22. The first-order valence-electron chi connectivity index (χ1n) is 7.59. The van der Waals surface area contributed by atoms with E-state index in [0.717, 1.165) is 21.0 Å². The monoisotopic (exact) mass is 346 g/mol. The molecule has 0 saturated heterocycles. The maximum absolute atomic E-state index is 12.5. The molecule has 2 aromatic rings. The van der Waals surface area contributed by atoms with E-state index in [1.54, 1.807) is 13.0 Å². The zero-order chi connectivity index (χ0) is 17.9. The summed E-state index contributed by atoms with van der Waals surface area (Å²) in [4.78, 5) is 12.6. The van der Waals surface area contributed by atoms with Gasteiger partial charge in [-0.2, -0.15) is 0 Å². The molecular formula is C18H22N2O3S. The van der Waals surface area contributed by atoms with Gasteiger partial charge in [0.25, 0.3) is 5.91 Å². The number of hydrogen-bond donors (Lipinski definition) is 1. The van der Waals surface area contributed by atoms with E-state index in [9.17, 15) is 13.2 Å². The molecule has 0 radical (unpaired) electrons. The third-order valence-corrected chi connectivity index (χ3v) is 5.74. The van der Waals surface area contributed by atoms with E-state index < -0.39 is 10.0 Å². The predicted molar refractivity (Wildman–Crippen MR) is 94.4 cm³/mol. The average molecular weight is 346 g/mol. The van der Waals surface area contributed by atoms with Crippen molar-refractivity contribution in [1.29, 1.82) is 0 Å². The normalized spacial score (nSPS) is 11.5. The molecule has 2 rings (SSSR count). The highest BCUT2D eigenvalue weighted by molar-refractivity contribution is 7.89. The van der Waals surface area contributed by atoms with E-state index in [1.165, 1.54) is 26.2 Å². The van der Waals surface area contributed by atoms with Crippen LogP contribution < -0.4 is 5.32 Å². The van der Waals surface area contributed by atoms with E-state index in [2.05, 4.69) is 5.32 Å². The minimum atomic E-state index is -3.57. The standard InChI is InChI=1S/C18H22N2O3S/c1-13-7-5-6-8-15(13)12-19-18(21)17-11-16(10-9-14(17)2)24(22,23)20(3)4/h5-11H,12H2,1-4H3,(H,19,21). The van der Waals surface area contributed by atoms with Crippen LogP contribution in [-0.2, 0) is 16.6 Å². The molecule has 0 aliphatic carbocycles. The van der Waals surface area contributed by atoms with Crippen LogP contribution in [0.1, 0.15) is 27.0 Å². The Morgan fingerprint density at radius 1 is 1.04 bits per heavy atom. The molecule has 0 unspecified atom stereocenters. The molecule has 6 heteroatoms. The molecule has 0 aromatic heterocycles. The van der Waals surface area contributed by atoms with Crippen molar-refractivity contribution in [3.63, 3.8) is 0 Å². The molecule has 0 aliphatic heterocycles. The Labute approximate surface area is 143 Å². The second kappa shape index (κ2) is 7.15. The van der Waals surface area contributed by atoms with Crippen molar-refractivity contribution in [2.24, 2.45) is 0 Å². The molecule has 0 spiro atoms. The fourth-order valence-electron chi connectivity index (χ4n) is 2.30. The Kier molecular flexibility index (Phi) is 5.41. The first-order valence-corrected chi connectivity index (χ1v) is 9.03. The third kappa shape index (κ3) is 3.83. The molecule has 0 aliphatic rings. The second-order valence-electron chi connectivity index (χ2n) is 5.87. The van der Waals surface area contributed by atoms with Crippen LogP contribution in [0, 0.1) is 13.8 Å². The first kappa shape index (κ1) is 18.2. The quantitative estimate of drug-likeness (QED) is 0.904. The number of rotatable bonds is 5. The number of nitrogens with one attached hydrogen (secondary N) is 1. The summed E-state index contributed by atoms with van der Waals surface area (Å²) in [6, 6.07) is 12.4. The number of benzene rings is 2. The predicted octanol–water partition coefficient (Wildman–Crippen LogP) is 2.48. The third-order valence-electron chi connectivity index (χ3n) is 3.93. The lowest BCUT2D eigenvalue weighted by atomic mass is 10.1. The van der Waals surface area contributed by atoms with Crippen molar-refractivity contribution in [2.75, 3.05) is 14.1 Å². The lowest BCUT2D eigenvalue weighted by Crippen LogP contribution is -2.26. The van der Waals surface area contributed by atoms with Gasteiger partial charge in [-0.3, -0.25) is 4.79 Å². The summed E-state index contributed by atoms with van der Waals surface area (Å²) < 4.78 is 25.6. The highest BCUT2D eigenvalue weighted by atomic mass is 32.2. The van der Waals surface area contributed by atoms with Gasteiger partial charge in [0.2, 0.25) is 10.0 Å². The van der Waals surface area contributed by atoms with Gasteiger partial charge in [0, 0.05) is 26.2 Å². The largest absolute Gasteiger partial charge is 0.348 e. The van der Waals surface area contributed by atoms with E-state index in [1.807, 2.05) is 31.2 Å². The number of nitrogens with zero attached hydrogens (tertiary/aromatic N) is 1. The van der Waals surface area contributed by atoms with Crippen molar-refractivity contribution in [1.82, 2.24) is 9.62 Å². The van der Waals surface area contributed by atoms with Crippen molar-refractivity contribution in [2.45, 2.75) is 25.3 Å². The van der Waals surface area contributed by atoms with Crippen LogP contribution >= 0.6 is 0 Å². The smallest absolute Gasteiger partial charge is 0.251 e. The summed E-state index contributed by atoms with van der Waals surface area (Å²) in [5, 5.41) is 2.86. The highest BCUT2D eigenvalue weighted by Gasteiger charge is 2.20. The molecule has 5 nitrogen and oxygen atoms in total. The highest BCUT2D eigenvalue weighted by Crippen LogP contribution is 2.18. The number of carbonyl (C=O) groups excluding carboxylic acids is 1. The van der Waals surface area contributed by atoms with Crippen molar-refractivity contribution >= 4 is 15.9 Å². The summed E-state index contributed by atoms with van der Waals surface area (Å²) in [6.07, 6.45) is 0. The van der Waals surface area contributed by atoms with Crippen LogP contribution in [0.3, 0.4) is 0 Å². The van der Waals surface area contributed by atoms with Crippen molar-refractivity contribution < 1.29 is 13.2 Å². The zero-order valence-corrected chi connectivity index (χ0v) is 15.1. The SMILES string of the molecule is Cc1ccccc1CNC(=O)c1cc(S(=O)(=O)N(C)C)ccc1C. The molecule has 0 fully saturated rings. The van der Waals surface area contributed by atoms with E-state index >= 15 is 0 Å². The van der Waals surface area contributed by atoms with Crippen LogP contribution in [0.5, 0.6) is 0 Å². The number of aryl methyl sites for hydroxylation is 2. The summed E-state index contributed by atoms with van der Waals surface area (Å²) in [5.74, 6) is -0.286. The number of amides is 1. The van der Waals surface area contributed by atoms with Crippen molar-refractivity contribution in [3.05, 3.63) is 64.7 Å². The maximum atomic E-state index is 12.5. The van der Waals surface area contributed by atoms with Gasteiger partial charge in [0.05, 0.1) is 4.90 Å². The van der Waals surface area contributed by atoms with Gasteiger partial charge in [-0.25, -0.2) is 12.7 Å². The average Bonchev–Trinajstić information content (AvgIpc) is 2.54. The van der Waals surface area contributed by atoms with Gasteiger partial charge in [0.15, 0.2) is 0 Å². The van der Waals surface area contributed by atoms with Crippen molar-refractivity contribution in [3.8, 4) is 0 Å². The molecule has 128 valence electrons. The van der Waals surface area contributed by atoms with Crippen LogP contribution in [0.2, 0.25) is 0 Å². The van der Waals surface area contributed by atoms with E-state index in [4.69, 9.17) is 0 Å². The van der Waals surface area contributed by atoms with Crippen LogP contribution in [-0.4, -0.2) is 32.7 Å². The van der Waals surface area contributed by atoms with E-state index in [0.29, 0.717) is 12.1 Å². The first-order chi connectivity index (χ1) is 11.2.